The summed E-state index contributed by atoms with van der Waals surface area (Å²) >= 11 is 6.48. The standard InChI is InChI=1S/C17H19ClN/c1-13-5-4-6-14(11-13)16-8-7-15(12-17(16)18)19-9-2-3-10-19/h5-8,11-12H,2-4,9-10H2,1H3. The summed E-state index contributed by atoms with van der Waals surface area (Å²) in [5.41, 5.74) is 4.97. The van der Waals surface area contributed by atoms with Crippen molar-refractivity contribution in [1.29, 1.82) is 0 Å². The van der Waals surface area contributed by atoms with Gasteiger partial charge in [-0.1, -0.05) is 35.4 Å². The molecule has 0 amide bonds. The van der Waals surface area contributed by atoms with Crippen LogP contribution in [-0.4, -0.2) is 13.1 Å². The Morgan fingerprint density at radius 3 is 2.63 bits per heavy atom. The molecular weight excluding hydrogens is 254 g/mol. The zero-order valence-electron chi connectivity index (χ0n) is 11.3. The van der Waals surface area contributed by atoms with Crippen molar-refractivity contribution in [3.05, 3.63) is 52.9 Å². The van der Waals surface area contributed by atoms with E-state index < -0.39 is 0 Å². The van der Waals surface area contributed by atoms with Crippen LogP contribution in [-0.2, 0) is 0 Å². The van der Waals surface area contributed by atoms with Gasteiger partial charge in [0, 0.05) is 18.8 Å². The molecule has 99 valence electrons. The number of hydrogen-bond donors (Lipinski definition) is 0. The zero-order chi connectivity index (χ0) is 13.2. The van der Waals surface area contributed by atoms with Gasteiger partial charge in [0.1, 0.15) is 0 Å². The number of allylic oxidation sites excluding steroid dienone is 4. The van der Waals surface area contributed by atoms with Crippen molar-refractivity contribution in [2.24, 2.45) is 0 Å². The Kier molecular flexibility index (Phi) is 3.65. The van der Waals surface area contributed by atoms with E-state index in [0.29, 0.717) is 0 Å². The molecule has 1 heterocycles. The van der Waals surface area contributed by atoms with E-state index in [9.17, 15) is 0 Å². The minimum absolute atomic E-state index is 0.863. The molecule has 0 saturated carbocycles. The Hall–Kier alpha value is -1.21. The van der Waals surface area contributed by atoms with Crippen LogP contribution < -0.4 is 4.90 Å². The summed E-state index contributed by atoms with van der Waals surface area (Å²) < 4.78 is 0. The van der Waals surface area contributed by atoms with Crippen LogP contribution in [0, 0.1) is 6.42 Å². The van der Waals surface area contributed by atoms with Crippen LogP contribution in [0.3, 0.4) is 0 Å². The lowest BCUT2D eigenvalue weighted by molar-refractivity contribution is 0.949. The van der Waals surface area contributed by atoms with Gasteiger partial charge in [0.2, 0.25) is 0 Å². The average molecular weight is 273 g/mol. The fourth-order valence-corrected chi connectivity index (χ4v) is 3.12. The van der Waals surface area contributed by atoms with Crippen molar-refractivity contribution in [3.63, 3.8) is 0 Å². The lowest BCUT2D eigenvalue weighted by Gasteiger charge is -2.20. The smallest absolute Gasteiger partial charge is 0.0501 e. The molecule has 0 bridgehead atoms. The van der Waals surface area contributed by atoms with Crippen LogP contribution >= 0.6 is 11.6 Å². The number of hydrogen-bond acceptors (Lipinski definition) is 1. The zero-order valence-corrected chi connectivity index (χ0v) is 12.1. The van der Waals surface area contributed by atoms with Crippen LogP contribution in [0.1, 0.15) is 31.7 Å². The maximum Gasteiger partial charge on any atom is 0.0501 e. The molecule has 0 N–H and O–H groups in total. The highest BCUT2D eigenvalue weighted by atomic mass is 35.5. The molecule has 0 aromatic heterocycles. The highest BCUT2D eigenvalue weighted by Gasteiger charge is 2.15. The number of anilines is 1. The summed E-state index contributed by atoms with van der Waals surface area (Å²) in [5.74, 6) is 0. The molecule has 3 rings (SSSR count). The molecule has 2 heteroatoms. The van der Waals surface area contributed by atoms with Crippen LogP contribution in [0.25, 0.3) is 5.57 Å². The van der Waals surface area contributed by atoms with E-state index >= 15 is 0 Å². The topological polar surface area (TPSA) is 3.24 Å². The second-order valence-electron chi connectivity index (χ2n) is 5.35. The van der Waals surface area contributed by atoms with E-state index in [1.165, 1.54) is 29.7 Å². The third-order valence-electron chi connectivity index (χ3n) is 3.90. The Balaban J connectivity index is 1.89. The van der Waals surface area contributed by atoms with Crippen molar-refractivity contribution in [1.82, 2.24) is 0 Å². The van der Waals surface area contributed by atoms with Gasteiger partial charge in [0.25, 0.3) is 0 Å². The minimum atomic E-state index is 0.863. The number of benzene rings is 1. The molecule has 1 fully saturated rings. The summed E-state index contributed by atoms with van der Waals surface area (Å²) in [4.78, 5) is 2.42. The third kappa shape index (κ3) is 2.71. The van der Waals surface area contributed by atoms with Crippen LogP contribution in [0.2, 0.25) is 5.02 Å². The SMILES string of the molecule is CC1=CC[CH]C(c2ccc(N3CCCC3)cc2Cl)=C1. The first-order valence-corrected chi connectivity index (χ1v) is 7.38. The molecule has 1 aromatic carbocycles. The van der Waals surface area contributed by atoms with Gasteiger partial charge in [0.05, 0.1) is 5.02 Å². The fraction of sp³-hybridized carbons (Fsp3) is 0.353. The van der Waals surface area contributed by atoms with E-state index in [2.05, 4.69) is 48.6 Å². The molecule has 0 atom stereocenters. The van der Waals surface area contributed by atoms with Crippen molar-refractivity contribution in [2.45, 2.75) is 26.2 Å². The summed E-state index contributed by atoms with van der Waals surface area (Å²) in [7, 11) is 0. The van der Waals surface area contributed by atoms with Crippen LogP contribution in [0.15, 0.2) is 35.9 Å². The van der Waals surface area contributed by atoms with Crippen molar-refractivity contribution >= 4 is 22.9 Å². The molecule has 1 aliphatic heterocycles. The number of nitrogens with zero attached hydrogens (tertiary/aromatic N) is 1. The van der Waals surface area contributed by atoms with Gasteiger partial charge in [-0.2, -0.15) is 0 Å². The maximum atomic E-state index is 6.48. The van der Waals surface area contributed by atoms with Crippen molar-refractivity contribution in [2.75, 3.05) is 18.0 Å². The molecular formula is C17H19ClN. The first-order chi connectivity index (χ1) is 9.24. The van der Waals surface area contributed by atoms with E-state index in [4.69, 9.17) is 11.6 Å². The fourth-order valence-electron chi connectivity index (χ4n) is 2.83. The Labute approximate surface area is 120 Å². The summed E-state index contributed by atoms with van der Waals surface area (Å²) in [5, 5.41) is 0.863. The van der Waals surface area contributed by atoms with Gasteiger partial charge < -0.3 is 4.90 Å². The van der Waals surface area contributed by atoms with Gasteiger partial charge in [-0.25, -0.2) is 0 Å². The molecule has 1 radical (unpaired) electrons. The molecule has 19 heavy (non-hydrogen) atoms. The van der Waals surface area contributed by atoms with Crippen LogP contribution in [0.5, 0.6) is 0 Å². The van der Waals surface area contributed by atoms with E-state index in [1.807, 2.05) is 0 Å². The maximum absolute atomic E-state index is 6.48. The highest BCUT2D eigenvalue weighted by molar-refractivity contribution is 6.32. The Morgan fingerprint density at radius 1 is 1.16 bits per heavy atom. The van der Waals surface area contributed by atoms with E-state index in [-0.39, 0.29) is 0 Å². The summed E-state index contributed by atoms with van der Waals surface area (Å²) in [6.45, 7) is 4.46. The monoisotopic (exact) mass is 272 g/mol. The summed E-state index contributed by atoms with van der Waals surface area (Å²) in [6.07, 6.45) is 10.3. The molecule has 1 saturated heterocycles. The van der Waals surface area contributed by atoms with E-state index in [0.717, 1.165) is 30.1 Å². The predicted molar refractivity (Wildman–Crippen MR) is 83.6 cm³/mol. The van der Waals surface area contributed by atoms with Gasteiger partial charge in [-0.05, 0) is 55.9 Å². The minimum Gasteiger partial charge on any atom is -0.371 e. The van der Waals surface area contributed by atoms with Gasteiger partial charge >= 0.3 is 0 Å². The third-order valence-corrected chi connectivity index (χ3v) is 4.21. The Bertz CT molecular complexity index is 536. The quantitative estimate of drug-likeness (QED) is 0.742. The van der Waals surface area contributed by atoms with E-state index in [1.54, 1.807) is 0 Å². The second-order valence-corrected chi connectivity index (χ2v) is 5.75. The normalized spacial score (nSPS) is 19.4. The summed E-state index contributed by atoms with van der Waals surface area (Å²) in [6, 6.07) is 6.48. The first-order valence-electron chi connectivity index (χ1n) is 7.00. The number of rotatable bonds is 2. The molecule has 2 aliphatic rings. The predicted octanol–water partition coefficient (Wildman–Crippen LogP) is 4.88. The highest BCUT2D eigenvalue weighted by Crippen LogP contribution is 2.33. The van der Waals surface area contributed by atoms with Crippen LogP contribution in [0.4, 0.5) is 5.69 Å². The van der Waals surface area contributed by atoms with Crippen molar-refractivity contribution < 1.29 is 0 Å². The molecule has 1 nitrogen and oxygen atoms in total. The Morgan fingerprint density at radius 2 is 1.95 bits per heavy atom. The largest absolute Gasteiger partial charge is 0.371 e. The lowest BCUT2D eigenvalue weighted by Crippen LogP contribution is -2.17. The lowest BCUT2D eigenvalue weighted by atomic mass is 9.94. The molecule has 0 unspecified atom stereocenters. The number of halogens is 1. The first kappa shape index (κ1) is 12.8. The van der Waals surface area contributed by atoms with Gasteiger partial charge in [0.15, 0.2) is 0 Å². The average Bonchev–Trinajstić information content (AvgIpc) is 2.92. The van der Waals surface area contributed by atoms with Gasteiger partial charge in [-0.3, -0.25) is 0 Å². The second kappa shape index (κ2) is 5.42. The van der Waals surface area contributed by atoms with Crippen molar-refractivity contribution in [3.8, 4) is 0 Å². The van der Waals surface area contributed by atoms with Gasteiger partial charge in [-0.15, -0.1) is 0 Å². The molecule has 1 aromatic rings. The molecule has 0 spiro atoms. The molecule has 1 aliphatic carbocycles.